The summed E-state index contributed by atoms with van der Waals surface area (Å²) in [5.41, 5.74) is 0. The first kappa shape index (κ1) is 61.5. The highest BCUT2D eigenvalue weighted by molar-refractivity contribution is 5.71. The molecule has 0 saturated carbocycles. The Morgan fingerprint density at radius 3 is 1.10 bits per heavy atom. The van der Waals surface area contributed by atoms with E-state index in [1.165, 1.54) is 0 Å². The van der Waals surface area contributed by atoms with Crippen LogP contribution in [-0.2, 0) is 28.6 Å². The maximum atomic E-state index is 12.8. The molecule has 0 aliphatic carbocycles. The lowest BCUT2D eigenvalue weighted by Gasteiger charge is -2.18. The van der Waals surface area contributed by atoms with Gasteiger partial charge in [0.1, 0.15) is 13.2 Å². The van der Waals surface area contributed by atoms with Gasteiger partial charge in [0, 0.05) is 19.3 Å². The van der Waals surface area contributed by atoms with Crippen molar-refractivity contribution in [3.05, 3.63) is 182 Å². The summed E-state index contributed by atoms with van der Waals surface area (Å²) in [6.45, 7) is 6.08. The summed E-state index contributed by atoms with van der Waals surface area (Å²) in [6, 6.07) is 0. The number of esters is 3. The molecule has 0 bridgehead atoms. The molecular weight excluding hydrogens is 829 g/mol. The van der Waals surface area contributed by atoms with E-state index in [0.29, 0.717) is 19.3 Å². The Labute approximate surface area is 408 Å². The van der Waals surface area contributed by atoms with E-state index in [4.69, 9.17) is 14.2 Å². The van der Waals surface area contributed by atoms with Gasteiger partial charge in [-0.25, -0.2) is 0 Å². The number of allylic oxidation sites excluding steroid dienone is 30. The summed E-state index contributed by atoms with van der Waals surface area (Å²) in [7, 11) is 0. The first-order valence-electron chi connectivity index (χ1n) is 25.3. The quantitative estimate of drug-likeness (QED) is 0.0200. The molecule has 67 heavy (non-hydrogen) atoms. The molecule has 1 atom stereocenters. The number of ether oxygens (including phenoxy) is 3. The maximum Gasteiger partial charge on any atom is 0.306 e. The van der Waals surface area contributed by atoms with Gasteiger partial charge in [-0.2, -0.15) is 0 Å². The first-order chi connectivity index (χ1) is 33.0. The molecule has 368 valence electrons. The molecule has 0 rings (SSSR count). The molecular formula is C61H88O6. The molecule has 6 heteroatoms. The van der Waals surface area contributed by atoms with Crippen molar-refractivity contribution in [2.24, 2.45) is 0 Å². The predicted molar refractivity (Wildman–Crippen MR) is 287 cm³/mol. The second kappa shape index (κ2) is 53.1. The van der Waals surface area contributed by atoms with Crippen LogP contribution in [0.3, 0.4) is 0 Å². The maximum absolute atomic E-state index is 12.8. The zero-order valence-corrected chi connectivity index (χ0v) is 41.8. The summed E-state index contributed by atoms with van der Waals surface area (Å²) in [4.78, 5) is 37.9. The third kappa shape index (κ3) is 51.4. The fourth-order valence-electron chi connectivity index (χ4n) is 5.81. The third-order valence-corrected chi connectivity index (χ3v) is 9.49. The number of hydrogen-bond acceptors (Lipinski definition) is 6. The average Bonchev–Trinajstić information content (AvgIpc) is 3.33. The van der Waals surface area contributed by atoms with E-state index in [-0.39, 0.29) is 38.4 Å². The Balaban J connectivity index is 4.70. The van der Waals surface area contributed by atoms with E-state index in [2.05, 4.69) is 154 Å². The van der Waals surface area contributed by atoms with Crippen molar-refractivity contribution in [2.45, 2.75) is 168 Å². The molecule has 0 aliphatic rings. The van der Waals surface area contributed by atoms with Crippen LogP contribution in [0.2, 0.25) is 0 Å². The molecule has 0 saturated heterocycles. The Kier molecular flexibility index (Phi) is 48.8. The van der Waals surface area contributed by atoms with Crippen LogP contribution < -0.4 is 0 Å². The molecule has 0 aromatic heterocycles. The van der Waals surface area contributed by atoms with E-state index in [9.17, 15) is 14.4 Å². The second-order valence-electron chi connectivity index (χ2n) is 15.7. The molecule has 0 spiro atoms. The van der Waals surface area contributed by atoms with Crippen LogP contribution in [0.4, 0.5) is 0 Å². The number of carbonyl (C=O) groups excluding carboxylic acids is 3. The van der Waals surface area contributed by atoms with Crippen molar-refractivity contribution in [2.75, 3.05) is 13.2 Å². The molecule has 0 aromatic rings. The summed E-state index contributed by atoms with van der Waals surface area (Å²) in [5.74, 6) is -1.16. The molecule has 0 radical (unpaired) electrons. The van der Waals surface area contributed by atoms with Crippen LogP contribution in [0.1, 0.15) is 162 Å². The Morgan fingerprint density at radius 2 is 0.657 bits per heavy atom. The van der Waals surface area contributed by atoms with E-state index in [1.54, 1.807) is 0 Å². The first-order valence-corrected chi connectivity index (χ1v) is 25.3. The van der Waals surface area contributed by atoms with Crippen molar-refractivity contribution < 1.29 is 28.6 Å². The third-order valence-electron chi connectivity index (χ3n) is 9.49. The van der Waals surface area contributed by atoms with Gasteiger partial charge in [-0.15, -0.1) is 0 Å². The smallest absolute Gasteiger partial charge is 0.306 e. The topological polar surface area (TPSA) is 78.9 Å². The van der Waals surface area contributed by atoms with E-state index >= 15 is 0 Å². The van der Waals surface area contributed by atoms with Gasteiger partial charge in [0.2, 0.25) is 0 Å². The fourth-order valence-corrected chi connectivity index (χ4v) is 5.81. The second-order valence-corrected chi connectivity index (χ2v) is 15.7. The number of hydrogen-bond donors (Lipinski definition) is 0. The van der Waals surface area contributed by atoms with Crippen molar-refractivity contribution in [3.63, 3.8) is 0 Å². The Bertz CT molecular complexity index is 1670. The van der Waals surface area contributed by atoms with Crippen LogP contribution in [0.15, 0.2) is 182 Å². The van der Waals surface area contributed by atoms with Gasteiger partial charge < -0.3 is 14.2 Å². The van der Waals surface area contributed by atoms with E-state index in [0.717, 1.165) is 103 Å². The number of carbonyl (C=O) groups is 3. The highest BCUT2D eigenvalue weighted by Gasteiger charge is 2.19. The largest absolute Gasteiger partial charge is 0.462 e. The summed E-state index contributed by atoms with van der Waals surface area (Å²) < 4.78 is 16.6. The van der Waals surface area contributed by atoms with Crippen LogP contribution in [0.5, 0.6) is 0 Å². The van der Waals surface area contributed by atoms with E-state index < -0.39 is 18.0 Å². The van der Waals surface area contributed by atoms with E-state index in [1.807, 2.05) is 48.6 Å². The average molecular weight is 917 g/mol. The standard InChI is InChI=1S/C61H88O6/c1-4-7-10-13-16-19-22-25-27-29-30-32-33-36-39-42-45-48-51-54-60(63)66-57-58(56-65-59(62)53-50-47-44-41-38-35-24-21-18-15-12-9-6-3)67-61(64)55-52-49-46-43-40-37-34-31-28-26-23-20-17-14-11-8-5-2/h7-12,15-21,24-28,30,32,34-39,43,45-46,48,58H,4-6,13-14,22-23,29,31,33,40-42,44,47,49-57H2,1-3H3/b10-7+,11-8+,12-9+,18-15+,19-16+,20-17+,24-21+,27-25+,28-26+,32-30+,37-34+,38-35+,39-36+,46-43+,48-45+. The highest BCUT2D eigenvalue weighted by Crippen LogP contribution is 2.09. The van der Waals surface area contributed by atoms with Crippen molar-refractivity contribution in [3.8, 4) is 0 Å². The van der Waals surface area contributed by atoms with Crippen LogP contribution in [-0.4, -0.2) is 37.2 Å². The highest BCUT2D eigenvalue weighted by atomic mass is 16.6. The minimum absolute atomic E-state index is 0.155. The summed E-state index contributed by atoms with van der Waals surface area (Å²) >= 11 is 0. The Morgan fingerprint density at radius 1 is 0.313 bits per heavy atom. The monoisotopic (exact) mass is 917 g/mol. The van der Waals surface area contributed by atoms with Gasteiger partial charge in [0.25, 0.3) is 0 Å². The molecule has 0 heterocycles. The zero-order valence-electron chi connectivity index (χ0n) is 41.8. The number of rotatable bonds is 42. The Hall–Kier alpha value is -5.49. The number of unbranched alkanes of at least 4 members (excludes halogenated alkanes) is 4. The van der Waals surface area contributed by atoms with Gasteiger partial charge in [-0.1, -0.05) is 209 Å². The summed E-state index contributed by atoms with van der Waals surface area (Å²) in [6.07, 6.45) is 80.4. The SMILES string of the molecule is CC/C=C/C=C/C=C/C=C/CCCCCC(=O)OCC(COC(=O)CC/C=C/C/C=C/C/C=C/C/C=C/C/C=C/C/C=C/CC)OC(=O)CCC/C=C/C/C=C/C/C=C/C/C=C/C/C=C/CC. The lowest BCUT2D eigenvalue weighted by Crippen LogP contribution is -2.30. The molecule has 0 aliphatic heterocycles. The molecule has 0 aromatic carbocycles. The lowest BCUT2D eigenvalue weighted by atomic mass is 10.1. The van der Waals surface area contributed by atoms with Gasteiger partial charge >= 0.3 is 17.9 Å². The fraction of sp³-hybridized carbons (Fsp3) is 0.459. The minimum atomic E-state index is -0.865. The van der Waals surface area contributed by atoms with Gasteiger partial charge in [-0.3, -0.25) is 14.4 Å². The lowest BCUT2D eigenvalue weighted by molar-refractivity contribution is -0.166. The van der Waals surface area contributed by atoms with Crippen molar-refractivity contribution in [1.82, 2.24) is 0 Å². The van der Waals surface area contributed by atoms with Crippen molar-refractivity contribution in [1.29, 1.82) is 0 Å². The molecule has 1 unspecified atom stereocenters. The van der Waals surface area contributed by atoms with Gasteiger partial charge in [0.15, 0.2) is 6.10 Å². The zero-order chi connectivity index (χ0) is 48.6. The van der Waals surface area contributed by atoms with Crippen molar-refractivity contribution >= 4 is 17.9 Å². The molecule has 0 N–H and O–H groups in total. The van der Waals surface area contributed by atoms with Gasteiger partial charge in [-0.05, 0) is 116 Å². The molecule has 6 nitrogen and oxygen atoms in total. The van der Waals surface area contributed by atoms with Gasteiger partial charge in [0.05, 0.1) is 0 Å². The van der Waals surface area contributed by atoms with Crippen LogP contribution >= 0.6 is 0 Å². The molecule has 0 amide bonds. The minimum Gasteiger partial charge on any atom is -0.462 e. The predicted octanol–water partition coefficient (Wildman–Crippen LogP) is 17.0. The van der Waals surface area contributed by atoms with Crippen LogP contribution in [0.25, 0.3) is 0 Å². The normalized spacial score (nSPS) is 13.7. The van der Waals surface area contributed by atoms with Crippen LogP contribution in [0, 0.1) is 0 Å². The molecule has 0 fully saturated rings. The summed E-state index contributed by atoms with van der Waals surface area (Å²) in [5, 5.41) is 0.